The molecule has 0 aromatic heterocycles. The zero-order chi connectivity index (χ0) is 12.7. The van der Waals surface area contributed by atoms with Gasteiger partial charge in [0.25, 0.3) is 0 Å². The van der Waals surface area contributed by atoms with Crippen LogP contribution in [0.4, 0.5) is 0 Å². The number of hydrogen-bond donors (Lipinski definition) is 1. The first kappa shape index (κ1) is 14.5. The van der Waals surface area contributed by atoms with Gasteiger partial charge in [0.2, 0.25) is 0 Å². The summed E-state index contributed by atoms with van der Waals surface area (Å²) in [5.74, 6) is 0.886. The Labute approximate surface area is 112 Å². The average molecular weight is 301 g/mol. The van der Waals surface area contributed by atoms with E-state index in [4.69, 9.17) is 4.74 Å². The zero-order valence-corrected chi connectivity index (χ0v) is 12.4. The van der Waals surface area contributed by atoms with Gasteiger partial charge in [-0.25, -0.2) is 0 Å². The summed E-state index contributed by atoms with van der Waals surface area (Å²) in [5.41, 5.74) is 1.33. The van der Waals surface area contributed by atoms with Crippen LogP contribution in [0, 0.1) is 0 Å². The van der Waals surface area contributed by atoms with Gasteiger partial charge >= 0.3 is 0 Å². The summed E-state index contributed by atoms with van der Waals surface area (Å²) in [7, 11) is 5.82. The van der Waals surface area contributed by atoms with Crippen molar-refractivity contribution in [1.82, 2.24) is 10.2 Å². The summed E-state index contributed by atoms with van der Waals surface area (Å²) in [4.78, 5) is 2.33. The molecule has 0 atom stereocenters. The van der Waals surface area contributed by atoms with Gasteiger partial charge in [-0.3, -0.25) is 0 Å². The Hall–Kier alpha value is -0.580. The standard InChI is InChI=1S/C13H21BrN2O/c1-15-7-9-16(2)8-6-11-4-5-13(17-3)12(14)10-11/h4-5,10,15H,6-9H2,1-3H3. The van der Waals surface area contributed by atoms with Gasteiger partial charge < -0.3 is 15.0 Å². The number of likely N-dealkylation sites (N-methyl/N-ethyl adjacent to an activating group) is 2. The van der Waals surface area contributed by atoms with Gasteiger partial charge in [0.05, 0.1) is 11.6 Å². The van der Waals surface area contributed by atoms with Crippen molar-refractivity contribution in [1.29, 1.82) is 0 Å². The first-order chi connectivity index (χ1) is 8.17. The van der Waals surface area contributed by atoms with Crippen LogP contribution >= 0.6 is 15.9 Å². The summed E-state index contributed by atoms with van der Waals surface area (Å²) in [5, 5.41) is 3.16. The van der Waals surface area contributed by atoms with Crippen molar-refractivity contribution in [3.8, 4) is 5.75 Å². The third-order valence-electron chi connectivity index (χ3n) is 2.74. The van der Waals surface area contributed by atoms with Crippen LogP contribution in [0.2, 0.25) is 0 Å². The van der Waals surface area contributed by atoms with Crippen molar-refractivity contribution in [2.45, 2.75) is 6.42 Å². The van der Waals surface area contributed by atoms with Crippen molar-refractivity contribution < 1.29 is 4.74 Å². The van der Waals surface area contributed by atoms with Gasteiger partial charge in [-0.1, -0.05) is 6.07 Å². The molecule has 0 unspecified atom stereocenters. The minimum Gasteiger partial charge on any atom is -0.496 e. The monoisotopic (exact) mass is 300 g/mol. The summed E-state index contributed by atoms with van der Waals surface area (Å²) in [6.07, 6.45) is 1.06. The third-order valence-corrected chi connectivity index (χ3v) is 3.36. The fraction of sp³-hybridized carbons (Fsp3) is 0.538. The summed E-state index contributed by atoms with van der Waals surface area (Å²) >= 11 is 3.51. The Balaban J connectivity index is 2.44. The van der Waals surface area contributed by atoms with Crippen molar-refractivity contribution in [3.63, 3.8) is 0 Å². The highest BCUT2D eigenvalue weighted by Gasteiger charge is 2.03. The molecular weight excluding hydrogens is 280 g/mol. The van der Waals surface area contributed by atoms with E-state index in [0.717, 1.165) is 36.3 Å². The van der Waals surface area contributed by atoms with Gasteiger partial charge in [0.1, 0.15) is 5.75 Å². The predicted molar refractivity (Wildman–Crippen MR) is 75.8 cm³/mol. The molecule has 1 rings (SSSR count). The van der Waals surface area contributed by atoms with Crippen LogP contribution in [0.1, 0.15) is 5.56 Å². The molecule has 0 bridgehead atoms. The van der Waals surface area contributed by atoms with Crippen LogP contribution < -0.4 is 10.1 Å². The molecule has 17 heavy (non-hydrogen) atoms. The number of rotatable bonds is 7. The Morgan fingerprint density at radius 1 is 1.35 bits per heavy atom. The first-order valence-corrected chi connectivity index (χ1v) is 6.62. The van der Waals surface area contributed by atoms with Crippen molar-refractivity contribution in [3.05, 3.63) is 28.2 Å². The Morgan fingerprint density at radius 2 is 2.12 bits per heavy atom. The normalized spacial score (nSPS) is 10.9. The molecule has 0 saturated heterocycles. The molecule has 1 aromatic carbocycles. The third kappa shape index (κ3) is 5.06. The molecule has 1 aromatic rings. The van der Waals surface area contributed by atoms with E-state index < -0.39 is 0 Å². The first-order valence-electron chi connectivity index (χ1n) is 5.83. The molecule has 0 aliphatic heterocycles. The lowest BCUT2D eigenvalue weighted by Crippen LogP contribution is -2.29. The number of hydrogen-bond acceptors (Lipinski definition) is 3. The van der Waals surface area contributed by atoms with E-state index in [-0.39, 0.29) is 0 Å². The molecule has 0 fully saturated rings. The molecule has 4 heteroatoms. The highest BCUT2D eigenvalue weighted by molar-refractivity contribution is 9.10. The molecular formula is C13H21BrN2O. The second-order valence-electron chi connectivity index (χ2n) is 4.13. The van der Waals surface area contributed by atoms with E-state index in [2.05, 4.69) is 45.3 Å². The number of nitrogens with one attached hydrogen (secondary N) is 1. The van der Waals surface area contributed by atoms with Crippen LogP contribution in [-0.4, -0.2) is 45.7 Å². The molecule has 0 aliphatic carbocycles. The lowest BCUT2D eigenvalue weighted by molar-refractivity contribution is 0.339. The zero-order valence-electron chi connectivity index (χ0n) is 10.8. The maximum Gasteiger partial charge on any atom is 0.133 e. The molecule has 0 radical (unpaired) electrons. The Morgan fingerprint density at radius 3 is 2.71 bits per heavy atom. The van der Waals surface area contributed by atoms with E-state index >= 15 is 0 Å². The van der Waals surface area contributed by atoms with Crippen molar-refractivity contribution in [2.75, 3.05) is 40.8 Å². The summed E-state index contributed by atoms with van der Waals surface area (Å²) in [6.45, 7) is 3.18. The molecule has 96 valence electrons. The molecule has 1 N–H and O–H groups in total. The van der Waals surface area contributed by atoms with Crippen LogP contribution in [0.5, 0.6) is 5.75 Å². The minimum absolute atomic E-state index is 0.886. The Kier molecular flexibility index (Phi) is 6.55. The molecule has 3 nitrogen and oxygen atoms in total. The number of nitrogens with zero attached hydrogens (tertiary/aromatic N) is 1. The quantitative estimate of drug-likeness (QED) is 0.835. The lowest BCUT2D eigenvalue weighted by Gasteiger charge is -2.16. The van der Waals surface area contributed by atoms with E-state index in [1.807, 2.05) is 13.1 Å². The van der Waals surface area contributed by atoms with Crippen molar-refractivity contribution >= 4 is 15.9 Å². The summed E-state index contributed by atoms with van der Waals surface area (Å²) in [6, 6.07) is 6.26. The van der Waals surface area contributed by atoms with Crippen LogP contribution in [0.15, 0.2) is 22.7 Å². The average Bonchev–Trinajstić information content (AvgIpc) is 2.34. The predicted octanol–water partition coefficient (Wildman–Crippen LogP) is 2.15. The van der Waals surface area contributed by atoms with Gasteiger partial charge in [-0.2, -0.15) is 0 Å². The van der Waals surface area contributed by atoms with Gasteiger partial charge in [-0.05, 0) is 54.1 Å². The number of ether oxygens (including phenoxy) is 1. The second kappa shape index (κ2) is 7.69. The van der Waals surface area contributed by atoms with E-state index in [1.165, 1.54) is 5.56 Å². The fourth-order valence-corrected chi connectivity index (χ4v) is 2.19. The maximum absolute atomic E-state index is 5.21. The Bertz CT molecular complexity index is 344. The van der Waals surface area contributed by atoms with Crippen LogP contribution in [0.25, 0.3) is 0 Å². The van der Waals surface area contributed by atoms with Gasteiger partial charge in [0.15, 0.2) is 0 Å². The topological polar surface area (TPSA) is 24.5 Å². The second-order valence-corrected chi connectivity index (χ2v) is 4.98. The number of methoxy groups -OCH3 is 1. The van der Waals surface area contributed by atoms with E-state index in [9.17, 15) is 0 Å². The SMILES string of the molecule is CNCCN(C)CCc1ccc(OC)c(Br)c1. The van der Waals surface area contributed by atoms with Gasteiger partial charge in [0, 0.05) is 19.6 Å². The summed E-state index contributed by atoms with van der Waals surface area (Å²) < 4.78 is 6.24. The van der Waals surface area contributed by atoms with Crippen molar-refractivity contribution in [2.24, 2.45) is 0 Å². The fourth-order valence-electron chi connectivity index (χ4n) is 1.60. The number of halogens is 1. The highest BCUT2D eigenvalue weighted by Crippen LogP contribution is 2.25. The molecule has 0 spiro atoms. The smallest absolute Gasteiger partial charge is 0.133 e. The molecule has 0 heterocycles. The van der Waals surface area contributed by atoms with E-state index in [1.54, 1.807) is 7.11 Å². The highest BCUT2D eigenvalue weighted by atomic mass is 79.9. The van der Waals surface area contributed by atoms with Gasteiger partial charge in [-0.15, -0.1) is 0 Å². The molecule has 0 aliphatic rings. The largest absolute Gasteiger partial charge is 0.496 e. The maximum atomic E-state index is 5.21. The molecule has 0 amide bonds. The number of benzene rings is 1. The minimum atomic E-state index is 0.886. The lowest BCUT2D eigenvalue weighted by atomic mass is 10.1. The van der Waals surface area contributed by atoms with Crippen LogP contribution in [0.3, 0.4) is 0 Å². The molecule has 0 saturated carbocycles. The van der Waals surface area contributed by atoms with E-state index in [0.29, 0.717) is 0 Å². The van der Waals surface area contributed by atoms with Crippen LogP contribution in [-0.2, 0) is 6.42 Å².